The number of hydrogen-bond acceptors (Lipinski definition) is 2. The maximum Gasteiger partial charge on any atom is 0.319 e. The summed E-state index contributed by atoms with van der Waals surface area (Å²) in [5, 5.41) is 14.6. The molecule has 0 heterocycles. The fourth-order valence-electron chi connectivity index (χ4n) is 2.32. The molecule has 102 valence electrons. The van der Waals surface area contributed by atoms with Crippen molar-refractivity contribution >= 4 is 40.3 Å². The van der Waals surface area contributed by atoms with Gasteiger partial charge in [0.1, 0.15) is 0 Å². The standard InChI is InChI=1S/C13H15IN2O3/c14-9-5-1-2-6-11(9)16-13(19)15-10-7-3-4-8(10)12(17)18/h1-2,5-6,8,10H,3-4,7H2,(H,17,18)(H2,15,16,19). The van der Waals surface area contributed by atoms with E-state index in [2.05, 4.69) is 33.2 Å². The number of halogens is 1. The molecule has 5 nitrogen and oxygen atoms in total. The number of anilines is 1. The van der Waals surface area contributed by atoms with Gasteiger partial charge in [0.2, 0.25) is 0 Å². The first-order valence-corrected chi connectivity index (χ1v) is 7.20. The first-order valence-electron chi connectivity index (χ1n) is 6.13. The number of urea groups is 1. The molecule has 0 saturated heterocycles. The molecular weight excluding hydrogens is 359 g/mol. The van der Waals surface area contributed by atoms with Crippen molar-refractivity contribution in [3.8, 4) is 0 Å². The summed E-state index contributed by atoms with van der Waals surface area (Å²) >= 11 is 2.14. The molecule has 19 heavy (non-hydrogen) atoms. The summed E-state index contributed by atoms with van der Waals surface area (Å²) < 4.78 is 0.941. The fraction of sp³-hybridized carbons (Fsp3) is 0.385. The van der Waals surface area contributed by atoms with E-state index >= 15 is 0 Å². The number of carbonyl (C=O) groups is 2. The largest absolute Gasteiger partial charge is 0.481 e. The molecule has 1 fully saturated rings. The average Bonchev–Trinajstić information content (AvgIpc) is 2.80. The van der Waals surface area contributed by atoms with Crippen LogP contribution >= 0.6 is 22.6 Å². The van der Waals surface area contributed by atoms with Crippen LogP contribution in [0, 0.1) is 9.49 Å². The number of para-hydroxylation sites is 1. The van der Waals surface area contributed by atoms with Crippen LogP contribution < -0.4 is 10.6 Å². The van der Waals surface area contributed by atoms with Crippen molar-refractivity contribution in [2.75, 3.05) is 5.32 Å². The molecule has 2 unspecified atom stereocenters. The Balaban J connectivity index is 1.95. The number of benzene rings is 1. The molecule has 2 rings (SSSR count). The molecule has 1 aliphatic rings. The minimum Gasteiger partial charge on any atom is -0.481 e. The third kappa shape index (κ3) is 3.59. The van der Waals surface area contributed by atoms with Crippen LogP contribution in [-0.2, 0) is 4.79 Å². The van der Waals surface area contributed by atoms with E-state index in [9.17, 15) is 9.59 Å². The zero-order valence-electron chi connectivity index (χ0n) is 10.2. The summed E-state index contributed by atoms with van der Waals surface area (Å²) in [6.45, 7) is 0. The van der Waals surface area contributed by atoms with Gasteiger partial charge in [0.25, 0.3) is 0 Å². The third-order valence-corrected chi connectivity index (χ3v) is 4.21. The van der Waals surface area contributed by atoms with Gasteiger partial charge in [-0.1, -0.05) is 18.6 Å². The van der Waals surface area contributed by atoms with Crippen LogP contribution in [0.15, 0.2) is 24.3 Å². The number of hydrogen-bond donors (Lipinski definition) is 3. The first-order chi connectivity index (χ1) is 9.08. The van der Waals surface area contributed by atoms with Crippen molar-refractivity contribution in [1.82, 2.24) is 5.32 Å². The topological polar surface area (TPSA) is 78.4 Å². The van der Waals surface area contributed by atoms with Gasteiger partial charge in [0.05, 0.1) is 11.6 Å². The molecule has 3 N–H and O–H groups in total. The summed E-state index contributed by atoms with van der Waals surface area (Å²) in [4.78, 5) is 22.9. The molecule has 1 aromatic carbocycles. The van der Waals surface area contributed by atoms with Crippen LogP contribution in [-0.4, -0.2) is 23.1 Å². The number of carbonyl (C=O) groups excluding carboxylic acids is 1. The summed E-state index contributed by atoms with van der Waals surface area (Å²) in [5.41, 5.74) is 0.727. The third-order valence-electron chi connectivity index (χ3n) is 3.27. The van der Waals surface area contributed by atoms with E-state index in [-0.39, 0.29) is 12.1 Å². The average molecular weight is 374 g/mol. The van der Waals surface area contributed by atoms with E-state index in [1.165, 1.54) is 0 Å². The van der Waals surface area contributed by atoms with Gasteiger partial charge in [0, 0.05) is 9.61 Å². The molecule has 0 spiro atoms. The molecule has 1 aliphatic carbocycles. The summed E-state index contributed by atoms with van der Waals surface area (Å²) in [5.74, 6) is -1.31. The Kier molecular flexibility index (Phi) is 4.62. The fourth-order valence-corrected chi connectivity index (χ4v) is 2.84. The van der Waals surface area contributed by atoms with Gasteiger partial charge in [-0.3, -0.25) is 4.79 Å². The molecule has 1 saturated carbocycles. The summed E-state index contributed by atoms with van der Waals surface area (Å²) in [6, 6.07) is 6.81. The van der Waals surface area contributed by atoms with Crippen molar-refractivity contribution in [2.45, 2.75) is 25.3 Å². The highest BCUT2D eigenvalue weighted by Gasteiger charge is 2.33. The lowest BCUT2D eigenvalue weighted by molar-refractivity contribution is -0.142. The van der Waals surface area contributed by atoms with Crippen LogP contribution in [0.4, 0.5) is 10.5 Å². The van der Waals surface area contributed by atoms with Gasteiger partial charge in [-0.15, -0.1) is 0 Å². The van der Waals surface area contributed by atoms with Crippen molar-refractivity contribution in [1.29, 1.82) is 0 Å². The van der Waals surface area contributed by atoms with Crippen LogP contribution in [0.1, 0.15) is 19.3 Å². The van der Waals surface area contributed by atoms with Gasteiger partial charge < -0.3 is 15.7 Å². The van der Waals surface area contributed by atoms with Gasteiger partial charge in [-0.05, 0) is 47.6 Å². The number of amides is 2. The first kappa shape index (κ1) is 14.1. The van der Waals surface area contributed by atoms with E-state index in [1.54, 1.807) is 0 Å². The Hall–Kier alpha value is -1.31. The maximum absolute atomic E-state index is 11.9. The smallest absolute Gasteiger partial charge is 0.319 e. The number of carboxylic acids is 1. The lowest BCUT2D eigenvalue weighted by Gasteiger charge is -2.18. The van der Waals surface area contributed by atoms with Crippen LogP contribution in [0.2, 0.25) is 0 Å². The predicted molar refractivity (Wildman–Crippen MR) is 80.1 cm³/mol. The van der Waals surface area contributed by atoms with Crippen LogP contribution in [0.25, 0.3) is 0 Å². The second-order valence-corrected chi connectivity index (χ2v) is 5.72. The monoisotopic (exact) mass is 374 g/mol. The lowest BCUT2D eigenvalue weighted by atomic mass is 10.0. The highest BCUT2D eigenvalue weighted by molar-refractivity contribution is 14.1. The molecule has 0 radical (unpaired) electrons. The van der Waals surface area contributed by atoms with Crippen molar-refractivity contribution in [3.05, 3.63) is 27.8 Å². The van der Waals surface area contributed by atoms with Crippen molar-refractivity contribution in [2.24, 2.45) is 5.92 Å². The normalized spacial score (nSPS) is 21.9. The van der Waals surface area contributed by atoms with Gasteiger partial charge in [0.15, 0.2) is 0 Å². The van der Waals surface area contributed by atoms with Crippen molar-refractivity contribution in [3.63, 3.8) is 0 Å². The molecule has 2 amide bonds. The highest BCUT2D eigenvalue weighted by atomic mass is 127. The van der Waals surface area contributed by atoms with Crippen LogP contribution in [0.5, 0.6) is 0 Å². The zero-order valence-corrected chi connectivity index (χ0v) is 12.4. The SMILES string of the molecule is O=C(Nc1ccccc1I)NC1CCCC1C(=O)O. The van der Waals surface area contributed by atoms with Gasteiger partial charge in [-0.2, -0.15) is 0 Å². The number of rotatable bonds is 3. The van der Waals surface area contributed by atoms with Gasteiger partial charge in [-0.25, -0.2) is 4.79 Å². The van der Waals surface area contributed by atoms with Crippen molar-refractivity contribution < 1.29 is 14.7 Å². The molecule has 1 aromatic rings. The second-order valence-electron chi connectivity index (χ2n) is 4.56. The summed E-state index contributed by atoms with van der Waals surface area (Å²) in [6.07, 6.45) is 2.18. The minimum atomic E-state index is -0.836. The van der Waals surface area contributed by atoms with Crippen LogP contribution in [0.3, 0.4) is 0 Å². The minimum absolute atomic E-state index is 0.279. The number of nitrogens with one attached hydrogen (secondary N) is 2. The highest BCUT2D eigenvalue weighted by Crippen LogP contribution is 2.26. The Labute approximate surface area is 124 Å². The quantitative estimate of drug-likeness (QED) is 0.712. The maximum atomic E-state index is 11.9. The number of carboxylic acid groups (broad SMARTS) is 1. The van der Waals surface area contributed by atoms with E-state index in [0.29, 0.717) is 6.42 Å². The van der Waals surface area contributed by atoms with E-state index in [4.69, 9.17) is 5.11 Å². The molecule has 2 atom stereocenters. The van der Waals surface area contributed by atoms with E-state index in [1.807, 2.05) is 24.3 Å². The zero-order chi connectivity index (χ0) is 13.8. The molecular formula is C13H15IN2O3. The predicted octanol–water partition coefficient (Wildman–Crippen LogP) is 2.67. The lowest BCUT2D eigenvalue weighted by Crippen LogP contribution is -2.42. The van der Waals surface area contributed by atoms with E-state index < -0.39 is 11.9 Å². The van der Waals surface area contributed by atoms with Gasteiger partial charge >= 0.3 is 12.0 Å². The second kappa shape index (κ2) is 6.23. The summed E-state index contributed by atoms with van der Waals surface area (Å²) in [7, 11) is 0. The Morgan fingerprint density at radius 3 is 2.68 bits per heavy atom. The van der Waals surface area contributed by atoms with E-state index in [0.717, 1.165) is 22.1 Å². The Morgan fingerprint density at radius 1 is 1.26 bits per heavy atom. The molecule has 0 aliphatic heterocycles. The molecule has 0 aromatic heterocycles. The molecule has 6 heteroatoms. The molecule has 0 bridgehead atoms. The Morgan fingerprint density at radius 2 is 2.00 bits per heavy atom. The number of aliphatic carboxylic acids is 1. The Bertz CT molecular complexity index is 493.